The van der Waals surface area contributed by atoms with E-state index in [-0.39, 0.29) is 0 Å². The van der Waals surface area contributed by atoms with Crippen LogP contribution < -0.4 is 5.32 Å². The summed E-state index contributed by atoms with van der Waals surface area (Å²) in [5.41, 5.74) is 0.0660. The molecule has 96 valence electrons. The summed E-state index contributed by atoms with van der Waals surface area (Å²) in [6.45, 7) is 2.75. The maximum absolute atomic E-state index is 12.3. The lowest BCUT2D eigenvalue weighted by molar-refractivity contribution is -0.137. The van der Waals surface area contributed by atoms with Gasteiger partial charge in [0.05, 0.1) is 5.56 Å². The number of alkyl halides is 4. The van der Waals surface area contributed by atoms with Crippen molar-refractivity contribution < 1.29 is 13.2 Å². The summed E-state index contributed by atoms with van der Waals surface area (Å²) in [6, 6.07) is 5.04. The highest BCUT2D eigenvalue weighted by atomic mass is 35.5. The Hall–Kier alpha value is -0.900. The van der Waals surface area contributed by atoms with Gasteiger partial charge in [0.25, 0.3) is 0 Å². The zero-order chi connectivity index (χ0) is 12.9. The van der Waals surface area contributed by atoms with E-state index in [4.69, 9.17) is 11.6 Å². The maximum Gasteiger partial charge on any atom is 0.416 e. The second-order valence-electron chi connectivity index (χ2n) is 4.04. The van der Waals surface area contributed by atoms with Gasteiger partial charge in [-0.3, -0.25) is 0 Å². The van der Waals surface area contributed by atoms with Crippen LogP contribution in [-0.2, 0) is 6.18 Å². The molecular weight excluding hydrogens is 251 g/mol. The molecule has 0 spiro atoms. The fraction of sp³-hybridized carbons (Fsp3) is 0.500. The number of hydrogen-bond acceptors (Lipinski definition) is 1. The molecule has 0 aliphatic carbocycles. The predicted octanol–water partition coefficient (Wildman–Crippen LogP) is 4.38. The molecule has 1 atom stereocenters. The lowest BCUT2D eigenvalue weighted by Gasteiger charge is -2.13. The van der Waals surface area contributed by atoms with Crippen LogP contribution in [-0.4, -0.2) is 12.4 Å². The van der Waals surface area contributed by atoms with Gasteiger partial charge in [-0.1, -0.05) is 6.92 Å². The molecule has 0 bridgehead atoms. The van der Waals surface area contributed by atoms with Gasteiger partial charge in [0.15, 0.2) is 0 Å². The molecular formula is C12H15ClF3N. The van der Waals surface area contributed by atoms with Crippen molar-refractivity contribution in [2.24, 2.45) is 5.92 Å². The van der Waals surface area contributed by atoms with Crippen molar-refractivity contribution in [2.45, 2.75) is 19.5 Å². The van der Waals surface area contributed by atoms with Crippen LogP contribution in [0.15, 0.2) is 24.3 Å². The number of rotatable bonds is 5. The molecule has 1 aromatic carbocycles. The van der Waals surface area contributed by atoms with Crippen molar-refractivity contribution in [3.8, 4) is 0 Å². The van der Waals surface area contributed by atoms with E-state index in [2.05, 4.69) is 5.32 Å². The summed E-state index contributed by atoms with van der Waals surface area (Å²) in [5.74, 6) is 0.991. The van der Waals surface area contributed by atoms with E-state index in [1.165, 1.54) is 12.1 Å². The highest BCUT2D eigenvalue weighted by Gasteiger charge is 2.29. The standard InChI is InChI=1S/C12H15ClF3N/c1-9(6-7-13)8-17-11-4-2-10(3-5-11)12(14,15)16/h2-5,9,17H,6-8H2,1H3. The van der Waals surface area contributed by atoms with Crippen molar-refractivity contribution >= 4 is 17.3 Å². The van der Waals surface area contributed by atoms with Crippen molar-refractivity contribution in [3.05, 3.63) is 29.8 Å². The van der Waals surface area contributed by atoms with Crippen LogP contribution >= 0.6 is 11.6 Å². The predicted molar refractivity (Wildman–Crippen MR) is 64.4 cm³/mol. The van der Waals surface area contributed by atoms with Gasteiger partial charge in [-0.2, -0.15) is 13.2 Å². The molecule has 1 nitrogen and oxygen atoms in total. The monoisotopic (exact) mass is 265 g/mol. The lowest BCUT2D eigenvalue weighted by atomic mass is 10.1. The SMILES string of the molecule is CC(CCCl)CNc1ccc(C(F)(F)F)cc1. The normalized spacial score (nSPS) is 13.5. The molecule has 0 aromatic heterocycles. The largest absolute Gasteiger partial charge is 0.416 e. The van der Waals surface area contributed by atoms with Crippen LogP contribution in [0, 0.1) is 5.92 Å². The molecule has 1 aromatic rings. The summed E-state index contributed by atoms with van der Waals surface area (Å²) < 4.78 is 36.9. The Bertz CT molecular complexity index is 335. The molecule has 0 saturated carbocycles. The Kier molecular flexibility index (Phi) is 5.12. The first-order valence-electron chi connectivity index (χ1n) is 5.40. The van der Waals surface area contributed by atoms with Gasteiger partial charge >= 0.3 is 6.18 Å². The van der Waals surface area contributed by atoms with Gasteiger partial charge in [-0.25, -0.2) is 0 Å². The molecule has 0 aliphatic rings. The Balaban J connectivity index is 2.51. The molecule has 0 amide bonds. The summed E-state index contributed by atoms with van der Waals surface area (Å²) in [7, 11) is 0. The number of anilines is 1. The number of nitrogens with one attached hydrogen (secondary N) is 1. The molecule has 1 rings (SSSR count). The molecule has 1 N–H and O–H groups in total. The average molecular weight is 266 g/mol. The lowest BCUT2D eigenvalue weighted by Crippen LogP contribution is -2.12. The second kappa shape index (κ2) is 6.15. The molecule has 0 saturated heterocycles. The van der Waals surface area contributed by atoms with Crippen LogP contribution in [0.2, 0.25) is 0 Å². The first-order chi connectivity index (χ1) is 7.93. The molecule has 5 heteroatoms. The molecule has 0 radical (unpaired) electrons. The van der Waals surface area contributed by atoms with E-state index in [9.17, 15) is 13.2 Å². The van der Waals surface area contributed by atoms with Crippen LogP contribution in [0.4, 0.5) is 18.9 Å². The van der Waals surface area contributed by atoms with Crippen molar-refractivity contribution in [1.82, 2.24) is 0 Å². The first kappa shape index (κ1) is 14.2. The molecule has 17 heavy (non-hydrogen) atoms. The van der Waals surface area contributed by atoms with Crippen molar-refractivity contribution in [3.63, 3.8) is 0 Å². The summed E-state index contributed by atoms with van der Waals surface area (Å²) in [4.78, 5) is 0. The van der Waals surface area contributed by atoms with Crippen LogP contribution in [0.25, 0.3) is 0 Å². The zero-order valence-electron chi connectivity index (χ0n) is 9.52. The van der Waals surface area contributed by atoms with Crippen molar-refractivity contribution in [1.29, 1.82) is 0 Å². The fourth-order valence-corrected chi connectivity index (χ4v) is 1.73. The molecule has 0 heterocycles. The number of hydrogen-bond donors (Lipinski definition) is 1. The third kappa shape index (κ3) is 4.86. The van der Waals surface area contributed by atoms with E-state index < -0.39 is 11.7 Å². The highest BCUT2D eigenvalue weighted by Crippen LogP contribution is 2.29. The fourth-order valence-electron chi connectivity index (χ4n) is 1.36. The van der Waals surface area contributed by atoms with Crippen LogP contribution in [0.3, 0.4) is 0 Å². The Labute approximate surface area is 104 Å². The topological polar surface area (TPSA) is 12.0 Å². The number of benzene rings is 1. The highest BCUT2D eigenvalue weighted by molar-refractivity contribution is 6.17. The van der Waals surface area contributed by atoms with Gasteiger partial charge in [0.1, 0.15) is 0 Å². The second-order valence-corrected chi connectivity index (χ2v) is 4.42. The Morgan fingerprint density at radius 2 is 1.82 bits per heavy atom. The maximum atomic E-state index is 12.3. The van der Waals surface area contributed by atoms with E-state index in [1.54, 1.807) is 0 Å². The minimum Gasteiger partial charge on any atom is -0.385 e. The third-order valence-corrected chi connectivity index (χ3v) is 2.69. The van der Waals surface area contributed by atoms with Gasteiger partial charge in [-0.15, -0.1) is 11.6 Å². The molecule has 1 unspecified atom stereocenters. The van der Waals surface area contributed by atoms with Gasteiger partial charge in [0.2, 0.25) is 0 Å². The third-order valence-electron chi connectivity index (χ3n) is 2.47. The molecule has 0 fully saturated rings. The Morgan fingerprint density at radius 1 is 1.24 bits per heavy atom. The van der Waals surface area contributed by atoms with E-state index in [0.717, 1.165) is 18.6 Å². The van der Waals surface area contributed by atoms with Gasteiger partial charge in [-0.05, 0) is 36.6 Å². The van der Waals surface area contributed by atoms with Crippen LogP contribution in [0.1, 0.15) is 18.9 Å². The number of halogens is 4. The van der Waals surface area contributed by atoms with E-state index >= 15 is 0 Å². The van der Waals surface area contributed by atoms with E-state index in [0.29, 0.717) is 24.0 Å². The Morgan fingerprint density at radius 3 is 2.29 bits per heavy atom. The van der Waals surface area contributed by atoms with Crippen molar-refractivity contribution in [2.75, 3.05) is 17.7 Å². The summed E-state index contributed by atoms with van der Waals surface area (Å²) in [6.07, 6.45) is -3.39. The molecule has 0 aliphatic heterocycles. The first-order valence-corrected chi connectivity index (χ1v) is 5.94. The zero-order valence-corrected chi connectivity index (χ0v) is 10.3. The van der Waals surface area contributed by atoms with Gasteiger partial charge in [0, 0.05) is 18.1 Å². The minimum atomic E-state index is -4.27. The van der Waals surface area contributed by atoms with E-state index in [1.807, 2.05) is 6.92 Å². The summed E-state index contributed by atoms with van der Waals surface area (Å²) in [5, 5.41) is 3.08. The quantitative estimate of drug-likeness (QED) is 0.779. The van der Waals surface area contributed by atoms with Crippen LogP contribution in [0.5, 0.6) is 0 Å². The minimum absolute atomic E-state index is 0.398. The summed E-state index contributed by atoms with van der Waals surface area (Å²) >= 11 is 5.60. The average Bonchev–Trinajstić information content (AvgIpc) is 2.26. The smallest absolute Gasteiger partial charge is 0.385 e. The van der Waals surface area contributed by atoms with Gasteiger partial charge < -0.3 is 5.32 Å².